The predicted molar refractivity (Wildman–Crippen MR) is 133 cm³/mol. The fraction of sp³-hybridized carbons (Fsp3) is 0.115. The van der Waals surface area contributed by atoms with E-state index in [2.05, 4.69) is 10.6 Å². The maximum atomic E-state index is 13.2. The third-order valence-electron chi connectivity index (χ3n) is 5.09. The lowest BCUT2D eigenvalue weighted by atomic mass is 10.1. The summed E-state index contributed by atoms with van der Waals surface area (Å²) in [5.41, 5.74) is 0.305. The largest absolute Gasteiger partial charge is 0.493 e. The second kappa shape index (κ2) is 11.4. The Morgan fingerprint density at radius 1 is 0.889 bits per heavy atom. The van der Waals surface area contributed by atoms with Crippen LogP contribution in [0.3, 0.4) is 0 Å². The Balaban J connectivity index is 2.08. The van der Waals surface area contributed by atoms with Crippen molar-refractivity contribution in [1.29, 1.82) is 0 Å². The standard InChI is InChI=1S/C26H23N3O7/c1-16(30)18-10-7-11-20(12-18)27-26(32)21(28-25(31)17-8-5-4-6-9-17)13-19-14-23(35-2)24(36-3)15-22(19)29(33)34/h4-15H,1-3H3,(H,27,32)(H,28,31). The van der Waals surface area contributed by atoms with Crippen molar-refractivity contribution in [3.8, 4) is 11.5 Å². The topological polar surface area (TPSA) is 137 Å². The number of methoxy groups -OCH3 is 2. The number of nitro benzene ring substituents is 1. The smallest absolute Gasteiger partial charge is 0.280 e. The number of Topliss-reactive ketones (excluding diaryl/α,β-unsaturated/α-hetero) is 1. The molecule has 0 unspecified atom stereocenters. The molecule has 10 nitrogen and oxygen atoms in total. The van der Waals surface area contributed by atoms with Gasteiger partial charge in [-0.15, -0.1) is 0 Å². The van der Waals surface area contributed by atoms with Crippen LogP contribution in [0.4, 0.5) is 11.4 Å². The van der Waals surface area contributed by atoms with Crippen molar-refractivity contribution in [3.05, 3.63) is 99.2 Å². The molecule has 36 heavy (non-hydrogen) atoms. The van der Waals surface area contributed by atoms with E-state index >= 15 is 0 Å². The summed E-state index contributed by atoms with van der Waals surface area (Å²) in [6.45, 7) is 1.39. The summed E-state index contributed by atoms with van der Waals surface area (Å²) in [5, 5.41) is 16.9. The third kappa shape index (κ3) is 6.11. The van der Waals surface area contributed by atoms with Crippen LogP contribution in [-0.4, -0.2) is 36.7 Å². The third-order valence-corrected chi connectivity index (χ3v) is 5.09. The fourth-order valence-electron chi connectivity index (χ4n) is 3.27. The number of nitrogens with zero attached hydrogens (tertiary/aromatic N) is 1. The average Bonchev–Trinajstić information content (AvgIpc) is 2.88. The molecule has 0 aliphatic heterocycles. The van der Waals surface area contributed by atoms with E-state index in [0.29, 0.717) is 11.3 Å². The van der Waals surface area contributed by atoms with Gasteiger partial charge in [-0.1, -0.05) is 30.3 Å². The van der Waals surface area contributed by atoms with Crippen molar-refractivity contribution in [1.82, 2.24) is 5.32 Å². The van der Waals surface area contributed by atoms with Gasteiger partial charge in [0.25, 0.3) is 17.5 Å². The lowest BCUT2D eigenvalue weighted by Crippen LogP contribution is -2.30. The number of ether oxygens (including phenoxy) is 2. The van der Waals surface area contributed by atoms with E-state index in [1.54, 1.807) is 48.5 Å². The number of hydrogen-bond acceptors (Lipinski definition) is 7. The molecule has 0 aromatic heterocycles. The first-order chi connectivity index (χ1) is 17.2. The van der Waals surface area contributed by atoms with Crippen LogP contribution in [0.2, 0.25) is 0 Å². The first-order valence-corrected chi connectivity index (χ1v) is 10.6. The minimum Gasteiger partial charge on any atom is -0.493 e. The van der Waals surface area contributed by atoms with E-state index in [1.165, 1.54) is 39.4 Å². The van der Waals surface area contributed by atoms with Crippen molar-refractivity contribution in [3.63, 3.8) is 0 Å². The molecule has 0 saturated heterocycles. The van der Waals surface area contributed by atoms with Crippen LogP contribution in [-0.2, 0) is 4.79 Å². The molecule has 0 bridgehead atoms. The van der Waals surface area contributed by atoms with Crippen LogP contribution in [0.25, 0.3) is 6.08 Å². The Labute approximate surface area is 206 Å². The van der Waals surface area contributed by atoms with Crippen LogP contribution in [0.1, 0.15) is 33.2 Å². The quantitative estimate of drug-likeness (QED) is 0.199. The number of nitro groups is 1. The molecule has 184 valence electrons. The highest BCUT2D eigenvalue weighted by Crippen LogP contribution is 2.35. The summed E-state index contributed by atoms with van der Waals surface area (Å²) in [4.78, 5) is 48.9. The van der Waals surface area contributed by atoms with Gasteiger partial charge in [0, 0.05) is 16.8 Å². The molecule has 0 aliphatic carbocycles. The van der Waals surface area contributed by atoms with Gasteiger partial charge in [-0.05, 0) is 43.3 Å². The van der Waals surface area contributed by atoms with E-state index in [0.717, 1.165) is 6.07 Å². The lowest BCUT2D eigenvalue weighted by Gasteiger charge is -2.13. The van der Waals surface area contributed by atoms with Gasteiger partial charge in [-0.3, -0.25) is 24.5 Å². The number of nitrogens with one attached hydrogen (secondary N) is 2. The van der Waals surface area contributed by atoms with E-state index in [4.69, 9.17) is 9.47 Å². The number of anilines is 1. The van der Waals surface area contributed by atoms with Crippen molar-refractivity contribution >= 4 is 35.0 Å². The zero-order valence-electron chi connectivity index (χ0n) is 19.7. The van der Waals surface area contributed by atoms with Crippen molar-refractivity contribution in [2.45, 2.75) is 6.92 Å². The molecule has 10 heteroatoms. The van der Waals surface area contributed by atoms with E-state index in [-0.39, 0.29) is 39.8 Å². The molecule has 0 saturated carbocycles. The first kappa shape index (κ1) is 25.6. The summed E-state index contributed by atoms with van der Waals surface area (Å²) in [6.07, 6.45) is 1.17. The molecule has 0 atom stereocenters. The van der Waals surface area contributed by atoms with Gasteiger partial charge in [0.2, 0.25) is 0 Å². The van der Waals surface area contributed by atoms with Crippen molar-refractivity contribution < 1.29 is 28.8 Å². The van der Waals surface area contributed by atoms with E-state index in [9.17, 15) is 24.5 Å². The first-order valence-electron chi connectivity index (χ1n) is 10.6. The van der Waals surface area contributed by atoms with Gasteiger partial charge in [0.15, 0.2) is 17.3 Å². The molecule has 3 aromatic rings. The van der Waals surface area contributed by atoms with Gasteiger partial charge >= 0.3 is 0 Å². The predicted octanol–water partition coefficient (Wildman–Crippen LogP) is 4.22. The van der Waals surface area contributed by atoms with Crippen LogP contribution in [0.5, 0.6) is 11.5 Å². The highest BCUT2D eigenvalue weighted by molar-refractivity contribution is 6.11. The average molecular weight is 489 g/mol. The molecule has 2 amide bonds. The Bertz CT molecular complexity index is 1350. The molecule has 2 N–H and O–H groups in total. The highest BCUT2D eigenvalue weighted by Gasteiger charge is 2.22. The van der Waals surface area contributed by atoms with E-state index in [1.807, 2.05) is 0 Å². The Morgan fingerprint density at radius 2 is 1.53 bits per heavy atom. The van der Waals surface area contributed by atoms with Gasteiger partial charge in [0.05, 0.1) is 30.8 Å². The Hall–Kier alpha value is -4.99. The number of rotatable bonds is 9. The minimum absolute atomic E-state index is 0.00588. The molecule has 3 rings (SSSR count). The zero-order valence-corrected chi connectivity index (χ0v) is 19.7. The number of amides is 2. The van der Waals surface area contributed by atoms with Crippen molar-refractivity contribution in [2.24, 2.45) is 0 Å². The zero-order chi connectivity index (χ0) is 26.2. The normalized spacial score (nSPS) is 10.8. The molecule has 0 radical (unpaired) electrons. The molecular formula is C26H23N3O7. The number of hydrogen-bond donors (Lipinski definition) is 2. The minimum atomic E-state index is -0.760. The van der Waals surface area contributed by atoms with Gasteiger partial charge in [-0.25, -0.2) is 0 Å². The summed E-state index contributed by atoms with van der Waals surface area (Å²) in [5.74, 6) is -1.23. The number of carbonyl (C=O) groups is 3. The second-order valence-corrected chi connectivity index (χ2v) is 7.49. The van der Waals surface area contributed by atoms with Gasteiger partial charge in [0.1, 0.15) is 5.70 Å². The molecule has 0 spiro atoms. The molecule has 3 aromatic carbocycles. The van der Waals surface area contributed by atoms with E-state index < -0.39 is 16.7 Å². The van der Waals surface area contributed by atoms with Crippen LogP contribution < -0.4 is 20.1 Å². The fourth-order valence-corrected chi connectivity index (χ4v) is 3.27. The lowest BCUT2D eigenvalue weighted by molar-refractivity contribution is -0.385. The maximum Gasteiger partial charge on any atom is 0.280 e. The molecule has 0 fully saturated rings. The monoisotopic (exact) mass is 489 g/mol. The van der Waals surface area contributed by atoms with Crippen LogP contribution >= 0.6 is 0 Å². The highest BCUT2D eigenvalue weighted by atomic mass is 16.6. The SMILES string of the molecule is COc1cc(C=C(NC(=O)c2ccccc2)C(=O)Nc2cccc(C(C)=O)c2)c([N+](=O)[O-])cc1OC. The Morgan fingerprint density at radius 3 is 2.14 bits per heavy atom. The summed E-state index contributed by atoms with van der Waals surface area (Å²) < 4.78 is 10.4. The van der Waals surface area contributed by atoms with Gasteiger partial charge < -0.3 is 20.1 Å². The summed E-state index contributed by atoms with van der Waals surface area (Å²) in [6, 6.07) is 16.9. The molecule has 0 heterocycles. The van der Waals surface area contributed by atoms with Crippen molar-refractivity contribution in [2.75, 3.05) is 19.5 Å². The maximum absolute atomic E-state index is 13.2. The number of carbonyl (C=O) groups excluding carboxylic acids is 3. The van der Waals surface area contributed by atoms with Crippen LogP contribution in [0, 0.1) is 10.1 Å². The summed E-state index contributed by atoms with van der Waals surface area (Å²) in [7, 11) is 2.70. The number of benzene rings is 3. The Kier molecular flexibility index (Phi) is 8.14. The molecule has 0 aliphatic rings. The second-order valence-electron chi connectivity index (χ2n) is 7.49. The van der Waals surface area contributed by atoms with Gasteiger partial charge in [-0.2, -0.15) is 0 Å². The molecular weight excluding hydrogens is 466 g/mol. The number of ketones is 1. The summed E-state index contributed by atoms with van der Waals surface area (Å²) >= 11 is 0. The van der Waals surface area contributed by atoms with Crippen LogP contribution in [0.15, 0.2) is 72.4 Å².